The van der Waals surface area contributed by atoms with Crippen molar-refractivity contribution in [2.45, 2.75) is 13.3 Å². The van der Waals surface area contributed by atoms with Gasteiger partial charge >= 0.3 is 0 Å². The third-order valence-corrected chi connectivity index (χ3v) is 3.22. The Hall–Kier alpha value is -1.66. The number of hydrogen-bond donors (Lipinski definition) is 2. The topological polar surface area (TPSA) is 67.6 Å². The summed E-state index contributed by atoms with van der Waals surface area (Å²) in [4.78, 5) is 13.8. The van der Waals surface area contributed by atoms with Gasteiger partial charge in [0.2, 0.25) is 5.91 Å². The molecule has 5 nitrogen and oxygen atoms in total. The van der Waals surface area contributed by atoms with Gasteiger partial charge in [-0.3, -0.25) is 9.69 Å². The summed E-state index contributed by atoms with van der Waals surface area (Å²) in [6.07, 6.45) is 0.603. The van der Waals surface area contributed by atoms with Crippen LogP contribution in [0, 0.1) is 0 Å². The first-order valence-corrected chi connectivity index (χ1v) is 7.39. The highest BCUT2D eigenvalue weighted by molar-refractivity contribution is 7.80. The van der Waals surface area contributed by atoms with Crippen LogP contribution in [0.5, 0.6) is 5.75 Å². The monoisotopic (exact) mass is 309 g/mol. The van der Waals surface area contributed by atoms with Crippen LogP contribution in [-0.4, -0.2) is 49.1 Å². The van der Waals surface area contributed by atoms with Gasteiger partial charge in [0, 0.05) is 20.0 Å². The van der Waals surface area contributed by atoms with E-state index < -0.39 is 0 Å². The maximum Gasteiger partial charge on any atom is 0.233 e. The minimum Gasteiger partial charge on any atom is -0.492 e. The predicted molar refractivity (Wildman–Crippen MR) is 88.6 cm³/mol. The molecule has 0 unspecified atom stereocenters. The number of ether oxygens (including phenoxy) is 1. The molecule has 3 N–H and O–H groups in total. The summed E-state index contributed by atoms with van der Waals surface area (Å²) in [7, 11) is 1.64. The summed E-state index contributed by atoms with van der Waals surface area (Å²) in [5.74, 6) is 0.816. The molecule has 0 bridgehead atoms. The van der Waals surface area contributed by atoms with E-state index in [1.54, 1.807) is 7.05 Å². The van der Waals surface area contributed by atoms with Crippen LogP contribution >= 0.6 is 12.2 Å². The molecule has 0 aliphatic carbocycles. The van der Waals surface area contributed by atoms with E-state index in [9.17, 15) is 4.79 Å². The van der Waals surface area contributed by atoms with Gasteiger partial charge in [-0.2, -0.15) is 0 Å². The normalized spacial score (nSPS) is 10.4. The van der Waals surface area contributed by atoms with Crippen LogP contribution in [0.4, 0.5) is 0 Å². The van der Waals surface area contributed by atoms with Crippen LogP contribution < -0.4 is 15.8 Å². The molecule has 0 saturated carbocycles. The Kier molecular flexibility index (Phi) is 7.71. The number of carbonyl (C=O) groups is 1. The van der Waals surface area contributed by atoms with Crippen molar-refractivity contribution in [3.63, 3.8) is 0 Å². The number of benzene rings is 1. The molecule has 0 spiro atoms. The molecule has 0 radical (unpaired) electrons. The number of nitrogens with zero attached hydrogens (tertiary/aromatic N) is 1. The predicted octanol–water partition coefficient (Wildman–Crippen LogP) is 0.962. The number of likely N-dealkylation sites (N-methyl/N-ethyl adjacent to an activating group) is 2. The molecule has 0 aliphatic heterocycles. The van der Waals surface area contributed by atoms with E-state index in [0.29, 0.717) is 31.1 Å². The van der Waals surface area contributed by atoms with Crippen LogP contribution in [0.3, 0.4) is 0 Å². The molecule has 0 aromatic heterocycles. The Labute approximate surface area is 131 Å². The van der Waals surface area contributed by atoms with E-state index in [1.165, 1.54) is 0 Å². The lowest BCUT2D eigenvalue weighted by Gasteiger charge is -2.19. The third kappa shape index (κ3) is 7.06. The van der Waals surface area contributed by atoms with E-state index in [2.05, 4.69) is 5.32 Å². The second kappa shape index (κ2) is 9.31. The lowest BCUT2D eigenvalue weighted by atomic mass is 10.1. The first-order valence-electron chi connectivity index (χ1n) is 6.98. The average Bonchev–Trinajstić information content (AvgIpc) is 2.47. The smallest absolute Gasteiger partial charge is 0.233 e. The van der Waals surface area contributed by atoms with Gasteiger partial charge in [0.05, 0.1) is 11.5 Å². The Morgan fingerprint density at radius 1 is 1.38 bits per heavy atom. The zero-order valence-electron chi connectivity index (χ0n) is 12.6. The van der Waals surface area contributed by atoms with E-state index >= 15 is 0 Å². The van der Waals surface area contributed by atoms with E-state index in [4.69, 9.17) is 22.7 Å². The minimum absolute atomic E-state index is 0.0129. The van der Waals surface area contributed by atoms with Crippen LogP contribution in [0.2, 0.25) is 0 Å². The van der Waals surface area contributed by atoms with Gasteiger partial charge in [0.15, 0.2) is 0 Å². The van der Waals surface area contributed by atoms with Gasteiger partial charge in [-0.05, 0) is 24.2 Å². The lowest BCUT2D eigenvalue weighted by Crippen LogP contribution is -2.37. The third-order valence-electron chi connectivity index (χ3n) is 3.07. The van der Waals surface area contributed by atoms with E-state index in [0.717, 1.165) is 17.9 Å². The van der Waals surface area contributed by atoms with E-state index in [1.807, 2.05) is 36.1 Å². The number of carbonyl (C=O) groups excluding carboxylic acids is 1. The van der Waals surface area contributed by atoms with Gasteiger partial charge in [-0.15, -0.1) is 0 Å². The molecule has 0 atom stereocenters. The molecule has 116 valence electrons. The number of amides is 1. The van der Waals surface area contributed by atoms with Crippen molar-refractivity contribution in [2.75, 3.05) is 33.3 Å². The summed E-state index contributed by atoms with van der Waals surface area (Å²) >= 11 is 4.88. The molecule has 0 heterocycles. The molecule has 0 fully saturated rings. The zero-order valence-corrected chi connectivity index (χ0v) is 13.4. The van der Waals surface area contributed by atoms with Crippen molar-refractivity contribution in [3.8, 4) is 5.75 Å². The maximum atomic E-state index is 11.3. The van der Waals surface area contributed by atoms with Crippen molar-refractivity contribution >= 4 is 23.1 Å². The number of rotatable bonds is 9. The Balaban J connectivity index is 2.37. The molecule has 1 aromatic rings. The van der Waals surface area contributed by atoms with Crippen molar-refractivity contribution in [1.29, 1.82) is 0 Å². The molecular formula is C15H23N3O2S. The van der Waals surface area contributed by atoms with Crippen molar-refractivity contribution in [1.82, 2.24) is 10.2 Å². The Morgan fingerprint density at radius 3 is 2.57 bits per heavy atom. The molecule has 21 heavy (non-hydrogen) atoms. The van der Waals surface area contributed by atoms with Crippen LogP contribution in [-0.2, 0) is 11.2 Å². The molecule has 6 heteroatoms. The second-order valence-corrected chi connectivity index (χ2v) is 5.20. The molecule has 0 aliphatic rings. The van der Waals surface area contributed by atoms with Crippen LogP contribution in [0.15, 0.2) is 24.3 Å². The lowest BCUT2D eigenvalue weighted by molar-refractivity contribution is -0.121. The fraction of sp³-hybridized carbons (Fsp3) is 0.467. The number of nitrogens with two attached hydrogens (primary N) is 1. The van der Waals surface area contributed by atoms with Crippen molar-refractivity contribution in [3.05, 3.63) is 29.8 Å². The average molecular weight is 309 g/mol. The first-order chi connectivity index (χ1) is 10.0. The largest absolute Gasteiger partial charge is 0.492 e. The first kappa shape index (κ1) is 17.4. The summed E-state index contributed by atoms with van der Waals surface area (Å²) in [5.41, 5.74) is 6.58. The summed E-state index contributed by atoms with van der Waals surface area (Å²) in [6, 6.07) is 7.72. The van der Waals surface area contributed by atoms with Gasteiger partial charge in [0.25, 0.3) is 0 Å². The van der Waals surface area contributed by atoms with Gasteiger partial charge in [-0.1, -0.05) is 31.3 Å². The number of thiocarbonyl (C=S) groups is 1. The minimum atomic E-state index is 0.0129. The highest BCUT2D eigenvalue weighted by Gasteiger charge is 2.07. The zero-order chi connectivity index (χ0) is 15.7. The van der Waals surface area contributed by atoms with E-state index in [-0.39, 0.29) is 5.91 Å². The highest BCUT2D eigenvalue weighted by Crippen LogP contribution is 2.12. The van der Waals surface area contributed by atoms with Crippen LogP contribution in [0.1, 0.15) is 12.5 Å². The Bertz CT molecular complexity index is 462. The SMILES string of the molecule is CCN(CCOc1ccc(CC(N)=S)cc1)CC(=O)NC. The van der Waals surface area contributed by atoms with Crippen molar-refractivity contribution in [2.24, 2.45) is 5.73 Å². The molecular weight excluding hydrogens is 286 g/mol. The molecule has 1 rings (SSSR count). The van der Waals surface area contributed by atoms with Gasteiger partial charge in [0.1, 0.15) is 12.4 Å². The second-order valence-electron chi connectivity index (χ2n) is 4.68. The summed E-state index contributed by atoms with van der Waals surface area (Å²) < 4.78 is 5.68. The standard InChI is InChI=1S/C15H23N3O2S/c1-3-18(11-15(19)17-2)8-9-20-13-6-4-12(5-7-13)10-14(16)21/h4-7H,3,8-11H2,1-2H3,(H2,16,21)(H,17,19). The van der Waals surface area contributed by atoms with Crippen molar-refractivity contribution < 1.29 is 9.53 Å². The van der Waals surface area contributed by atoms with Gasteiger partial charge in [-0.25, -0.2) is 0 Å². The molecule has 0 saturated heterocycles. The fourth-order valence-corrected chi connectivity index (χ4v) is 2.00. The summed E-state index contributed by atoms with van der Waals surface area (Å²) in [5, 5.41) is 2.62. The number of nitrogens with one attached hydrogen (secondary N) is 1. The fourth-order valence-electron chi connectivity index (χ4n) is 1.83. The van der Waals surface area contributed by atoms with Gasteiger partial charge < -0.3 is 15.8 Å². The van der Waals surface area contributed by atoms with Crippen LogP contribution in [0.25, 0.3) is 0 Å². The summed E-state index contributed by atoms with van der Waals surface area (Å²) in [6.45, 7) is 4.47. The highest BCUT2D eigenvalue weighted by atomic mass is 32.1. The Morgan fingerprint density at radius 2 is 2.05 bits per heavy atom. The maximum absolute atomic E-state index is 11.3. The quantitative estimate of drug-likeness (QED) is 0.665. The number of hydrogen-bond acceptors (Lipinski definition) is 4. The molecule has 1 aromatic carbocycles. The molecule has 1 amide bonds.